The number of aliphatic hydroxyl groups is 1. The molecule has 2 fully saturated rings. The minimum absolute atomic E-state index is 0.0847. The van der Waals surface area contributed by atoms with Crippen LogP contribution in [0.1, 0.15) is 49.4 Å². The van der Waals surface area contributed by atoms with E-state index in [4.69, 9.17) is 0 Å². The first kappa shape index (κ1) is 15.3. The molecule has 1 saturated heterocycles. The van der Waals surface area contributed by atoms with Gasteiger partial charge in [0.25, 0.3) is 11.5 Å². The van der Waals surface area contributed by atoms with Crippen LogP contribution < -0.4 is 5.56 Å². The maximum Gasteiger partial charge on any atom is 0.254 e. The largest absolute Gasteiger partial charge is 0.392 e. The first-order valence-corrected chi connectivity index (χ1v) is 8.23. The quantitative estimate of drug-likeness (QED) is 0.903. The second-order valence-corrected chi connectivity index (χ2v) is 6.64. The number of hydrogen-bond acceptors (Lipinski definition) is 3. The minimum Gasteiger partial charge on any atom is -0.392 e. The van der Waals surface area contributed by atoms with Crippen molar-refractivity contribution in [2.24, 2.45) is 5.41 Å². The molecule has 2 atom stereocenters. The molecule has 0 radical (unpaired) electrons. The molecular formula is C17H24N2O3. The van der Waals surface area contributed by atoms with Gasteiger partial charge in [-0.05, 0) is 38.7 Å². The van der Waals surface area contributed by atoms with E-state index in [-0.39, 0.29) is 23.0 Å². The van der Waals surface area contributed by atoms with Crippen molar-refractivity contribution in [3.63, 3.8) is 0 Å². The lowest BCUT2D eigenvalue weighted by molar-refractivity contribution is -0.00537. The Morgan fingerprint density at radius 2 is 2.18 bits per heavy atom. The number of carbonyl (C=O) groups excluding carboxylic acids is 1. The molecule has 2 heterocycles. The van der Waals surface area contributed by atoms with Crippen molar-refractivity contribution in [3.8, 4) is 0 Å². The molecule has 1 aliphatic heterocycles. The van der Waals surface area contributed by atoms with Gasteiger partial charge in [0.15, 0.2) is 0 Å². The topological polar surface area (TPSA) is 62.5 Å². The van der Waals surface area contributed by atoms with Crippen molar-refractivity contribution in [1.82, 2.24) is 9.47 Å². The number of aryl methyl sites for hydroxylation is 1. The van der Waals surface area contributed by atoms with Crippen molar-refractivity contribution < 1.29 is 9.90 Å². The number of hydrogen-bond donors (Lipinski definition) is 1. The molecule has 5 heteroatoms. The molecule has 2 aliphatic rings. The molecular weight excluding hydrogens is 280 g/mol. The normalized spacial score (nSPS) is 28.3. The van der Waals surface area contributed by atoms with Crippen LogP contribution in [0.3, 0.4) is 0 Å². The van der Waals surface area contributed by atoms with Crippen molar-refractivity contribution in [1.29, 1.82) is 0 Å². The van der Waals surface area contributed by atoms with Gasteiger partial charge in [0.05, 0.1) is 6.10 Å². The van der Waals surface area contributed by atoms with E-state index < -0.39 is 0 Å². The summed E-state index contributed by atoms with van der Waals surface area (Å²) < 4.78 is 1.58. The zero-order valence-electron chi connectivity index (χ0n) is 13.1. The Labute approximate surface area is 130 Å². The maximum atomic E-state index is 12.7. The third kappa shape index (κ3) is 2.58. The summed E-state index contributed by atoms with van der Waals surface area (Å²) >= 11 is 0. The average Bonchev–Trinajstić information content (AvgIpc) is 2.87. The molecule has 120 valence electrons. The van der Waals surface area contributed by atoms with Gasteiger partial charge in [0.1, 0.15) is 0 Å². The highest BCUT2D eigenvalue weighted by Crippen LogP contribution is 2.45. The van der Waals surface area contributed by atoms with Crippen LogP contribution in [-0.4, -0.2) is 39.7 Å². The molecule has 1 N–H and O–H groups in total. The molecule has 1 aliphatic carbocycles. The predicted molar refractivity (Wildman–Crippen MR) is 83.8 cm³/mol. The summed E-state index contributed by atoms with van der Waals surface area (Å²) in [6, 6.07) is 3.15. The number of pyridine rings is 1. The summed E-state index contributed by atoms with van der Waals surface area (Å²) in [5, 5.41) is 10.3. The lowest BCUT2D eigenvalue weighted by Gasteiger charge is -2.42. The highest BCUT2D eigenvalue weighted by atomic mass is 16.3. The Balaban J connectivity index is 1.80. The molecule has 1 aromatic rings. The van der Waals surface area contributed by atoms with Crippen LogP contribution in [0.5, 0.6) is 0 Å². The summed E-state index contributed by atoms with van der Waals surface area (Å²) in [4.78, 5) is 26.4. The standard InChI is InChI=1S/C17H24N2O3/c1-2-18-10-6-13(11-15(18)21)16(22)19-9-4-8-17(12-19)7-3-5-14(17)20/h6,10-11,14,20H,2-5,7-9,12H2,1H3/t14-,17+/m1/s1. The van der Waals surface area contributed by atoms with Crippen LogP contribution >= 0.6 is 0 Å². The number of rotatable bonds is 2. The Morgan fingerprint density at radius 1 is 1.41 bits per heavy atom. The van der Waals surface area contributed by atoms with Crippen LogP contribution in [0.15, 0.2) is 23.1 Å². The van der Waals surface area contributed by atoms with E-state index in [1.54, 1.807) is 16.8 Å². The number of piperidine rings is 1. The van der Waals surface area contributed by atoms with Crippen molar-refractivity contribution >= 4 is 5.91 Å². The monoisotopic (exact) mass is 304 g/mol. The van der Waals surface area contributed by atoms with E-state index in [0.717, 1.165) is 32.1 Å². The molecule has 1 spiro atoms. The van der Waals surface area contributed by atoms with E-state index in [2.05, 4.69) is 0 Å². The van der Waals surface area contributed by atoms with Gasteiger partial charge in [0.2, 0.25) is 0 Å². The molecule has 1 saturated carbocycles. The number of carbonyl (C=O) groups is 1. The second-order valence-electron chi connectivity index (χ2n) is 6.64. The van der Waals surface area contributed by atoms with Gasteiger partial charge in [0, 0.05) is 42.9 Å². The van der Waals surface area contributed by atoms with Gasteiger partial charge in [-0.15, -0.1) is 0 Å². The lowest BCUT2D eigenvalue weighted by Crippen LogP contribution is -2.49. The van der Waals surface area contributed by atoms with E-state index in [0.29, 0.717) is 25.2 Å². The number of aliphatic hydroxyl groups excluding tert-OH is 1. The molecule has 1 amide bonds. The third-order valence-electron chi connectivity index (χ3n) is 5.34. The first-order valence-electron chi connectivity index (χ1n) is 8.23. The molecule has 22 heavy (non-hydrogen) atoms. The van der Waals surface area contributed by atoms with Crippen molar-refractivity contribution in [3.05, 3.63) is 34.2 Å². The Morgan fingerprint density at radius 3 is 2.82 bits per heavy atom. The van der Waals surface area contributed by atoms with E-state index in [1.165, 1.54) is 6.07 Å². The Hall–Kier alpha value is -1.62. The van der Waals surface area contributed by atoms with Gasteiger partial charge >= 0.3 is 0 Å². The van der Waals surface area contributed by atoms with Gasteiger partial charge in [-0.3, -0.25) is 9.59 Å². The Kier molecular flexibility index (Phi) is 4.08. The summed E-state index contributed by atoms with van der Waals surface area (Å²) in [6.45, 7) is 3.83. The fourth-order valence-corrected chi connectivity index (χ4v) is 4.01. The summed E-state index contributed by atoms with van der Waals surface area (Å²) in [5.41, 5.74) is 0.201. The number of nitrogens with zero attached hydrogens (tertiary/aromatic N) is 2. The number of likely N-dealkylation sites (tertiary alicyclic amines) is 1. The second kappa shape index (κ2) is 5.88. The minimum atomic E-state index is -0.295. The highest BCUT2D eigenvalue weighted by Gasteiger charge is 2.45. The van der Waals surface area contributed by atoms with Crippen molar-refractivity contribution in [2.45, 2.75) is 51.7 Å². The van der Waals surface area contributed by atoms with Crippen LogP contribution in [0, 0.1) is 5.41 Å². The van der Waals surface area contributed by atoms with Gasteiger partial charge < -0.3 is 14.6 Å². The Bertz CT molecular complexity index is 625. The summed E-state index contributed by atoms with van der Waals surface area (Å²) in [6.07, 6.45) is 6.18. The molecule has 3 rings (SSSR count). The molecule has 0 unspecified atom stereocenters. The fourth-order valence-electron chi connectivity index (χ4n) is 4.01. The van der Waals surface area contributed by atoms with Gasteiger partial charge in [-0.2, -0.15) is 0 Å². The number of aromatic nitrogens is 1. The third-order valence-corrected chi connectivity index (χ3v) is 5.34. The van der Waals surface area contributed by atoms with E-state index >= 15 is 0 Å². The van der Waals surface area contributed by atoms with Crippen LogP contribution in [0.25, 0.3) is 0 Å². The maximum absolute atomic E-state index is 12.7. The van der Waals surface area contributed by atoms with Crippen LogP contribution in [0.2, 0.25) is 0 Å². The number of amides is 1. The van der Waals surface area contributed by atoms with Gasteiger partial charge in [-0.25, -0.2) is 0 Å². The SMILES string of the molecule is CCn1ccc(C(=O)N2CCC[C@@]3(CCC[C@H]3O)C2)cc1=O. The average molecular weight is 304 g/mol. The fraction of sp³-hybridized carbons (Fsp3) is 0.647. The first-order chi connectivity index (χ1) is 10.6. The highest BCUT2D eigenvalue weighted by molar-refractivity contribution is 5.94. The molecule has 0 bridgehead atoms. The lowest BCUT2D eigenvalue weighted by atomic mass is 9.76. The summed E-state index contributed by atoms with van der Waals surface area (Å²) in [5.74, 6) is -0.0847. The van der Waals surface area contributed by atoms with Crippen LogP contribution in [0.4, 0.5) is 0 Å². The predicted octanol–water partition coefficient (Wildman–Crippen LogP) is 1.64. The van der Waals surface area contributed by atoms with Crippen molar-refractivity contribution in [2.75, 3.05) is 13.1 Å². The van der Waals surface area contributed by atoms with Crippen LogP contribution in [-0.2, 0) is 6.54 Å². The summed E-state index contributed by atoms with van der Waals surface area (Å²) in [7, 11) is 0. The molecule has 5 nitrogen and oxygen atoms in total. The van der Waals surface area contributed by atoms with E-state index in [9.17, 15) is 14.7 Å². The molecule has 0 aromatic carbocycles. The zero-order chi connectivity index (χ0) is 15.7. The van der Waals surface area contributed by atoms with E-state index in [1.807, 2.05) is 11.8 Å². The van der Waals surface area contributed by atoms with Gasteiger partial charge in [-0.1, -0.05) is 6.42 Å². The molecule has 1 aromatic heterocycles. The smallest absolute Gasteiger partial charge is 0.254 e. The zero-order valence-corrected chi connectivity index (χ0v) is 13.1.